The molecule has 1 unspecified atom stereocenters. The molecule has 0 spiro atoms. The molecule has 3 heteroatoms. The third-order valence-electron chi connectivity index (χ3n) is 4.37. The van der Waals surface area contributed by atoms with Gasteiger partial charge in [0.2, 0.25) is 0 Å². The van der Waals surface area contributed by atoms with E-state index in [9.17, 15) is 0 Å². The molecule has 1 heterocycles. The predicted octanol–water partition coefficient (Wildman–Crippen LogP) is 5.00. The van der Waals surface area contributed by atoms with Crippen LogP contribution in [0.3, 0.4) is 0 Å². The van der Waals surface area contributed by atoms with Crippen molar-refractivity contribution in [1.82, 2.24) is 0 Å². The lowest BCUT2D eigenvalue weighted by Gasteiger charge is -2.24. The van der Waals surface area contributed by atoms with Gasteiger partial charge in [-0.3, -0.25) is 0 Å². The molecule has 120 valence electrons. The first-order valence-electron chi connectivity index (χ1n) is 7.88. The van der Waals surface area contributed by atoms with E-state index in [0.29, 0.717) is 0 Å². The molecule has 0 aromatic heterocycles. The van der Waals surface area contributed by atoms with E-state index in [1.54, 1.807) is 14.2 Å². The largest absolute Gasteiger partial charge is 0.497 e. The Morgan fingerprint density at radius 1 is 0.917 bits per heavy atom. The third kappa shape index (κ3) is 2.38. The van der Waals surface area contributed by atoms with Gasteiger partial charge in [-0.15, -0.1) is 0 Å². The van der Waals surface area contributed by atoms with Gasteiger partial charge in [-0.05, 0) is 35.0 Å². The number of fused-ring (bicyclic) bond motifs is 3. The average Bonchev–Trinajstić information content (AvgIpc) is 2.66. The molecule has 0 saturated heterocycles. The van der Waals surface area contributed by atoms with Gasteiger partial charge in [-0.2, -0.15) is 0 Å². The second-order valence-electron chi connectivity index (χ2n) is 5.70. The topological polar surface area (TPSA) is 27.7 Å². The molecule has 0 fully saturated rings. The summed E-state index contributed by atoms with van der Waals surface area (Å²) in [7, 11) is 3.30. The summed E-state index contributed by atoms with van der Waals surface area (Å²) in [5.74, 6) is 2.41. The maximum Gasteiger partial charge on any atom is 0.146 e. The first-order chi connectivity index (χ1) is 11.8. The van der Waals surface area contributed by atoms with Gasteiger partial charge in [0.15, 0.2) is 0 Å². The zero-order valence-corrected chi connectivity index (χ0v) is 13.7. The molecule has 0 radical (unpaired) electrons. The minimum Gasteiger partial charge on any atom is -0.497 e. The Bertz CT molecular complexity index is 928. The van der Waals surface area contributed by atoms with Crippen LogP contribution >= 0.6 is 0 Å². The number of ether oxygens (including phenoxy) is 3. The maximum absolute atomic E-state index is 6.23. The fourth-order valence-corrected chi connectivity index (χ4v) is 3.13. The van der Waals surface area contributed by atoms with Crippen LogP contribution < -0.4 is 14.2 Å². The van der Waals surface area contributed by atoms with Gasteiger partial charge >= 0.3 is 0 Å². The van der Waals surface area contributed by atoms with Crippen molar-refractivity contribution in [2.75, 3.05) is 14.2 Å². The fraction of sp³-hybridized carbons (Fsp3) is 0.143. The summed E-state index contributed by atoms with van der Waals surface area (Å²) in [6, 6.07) is 18.2. The lowest BCUT2D eigenvalue weighted by molar-refractivity contribution is 0.245. The quantitative estimate of drug-likeness (QED) is 0.680. The Morgan fingerprint density at radius 2 is 1.79 bits per heavy atom. The van der Waals surface area contributed by atoms with Crippen molar-refractivity contribution in [3.63, 3.8) is 0 Å². The summed E-state index contributed by atoms with van der Waals surface area (Å²) >= 11 is 0. The van der Waals surface area contributed by atoms with Gasteiger partial charge in [-0.25, -0.2) is 0 Å². The van der Waals surface area contributed by atoms with Crippen molar-refractivity contribution in [2.24, 2.45) is 0 Å². The zero-order chi connectivity index (χ0) is 16.5. The number of benzene rings is 3. The third-order valence-corrected chi connectivity index (χ3v) is 4.37. The SMILES string of the molecule is COc1ccc(C2C=Cc3c(ccc4ccccc34)O2)c(OC)c1. The van der Waals surface area contributed by atoms with Crippen LogP contribution in [-0.4, -0.2) is 14.2 Å². The standard InChI is InChI=1S/C21H18O3/c1-22-15-8-9-18(21(13-15)23-2)20-12-10-17-16-6-4-3-5-14(16)7-11-19(17)24-20/h3-13,20H,1-2H3. The monoisotopic (exact) mass is 318 g/mol. The summed E-state index contributed by atoms with van der Waals surface area (Å²) in [6.45, 7) is 0. The molecule has 0 bridgehead atoms. The molecule has 1 atom stereocenters. The Balaban J connectivity index is 1.75. The smallest absolute Gasteiger partial charge is 0.146 e. The predicted molar refractivity (Wildman–Crippen MR) is 95.9 cm³/mol. The molecule has 0 saturated carbocycles. The van der Waals surface area contributed by atoms with E-state index in [-0.39, 0.29) is 6.10 Å². The highest BCUT2D eigenvalue weighted by Gasteiger charge is 2.21. The van der Waals surface area contributed by atoms with Crippen LogP contribution in [0.4, 0.5) is 0 Å². The van der Waals surface area contributed by atoms with Gasteiger partial charge in [0.25, 0.3) is 0 Å². The Hall–Kier alpha value is -2.94. The van der Waals surface area contributed by atoms with Crippen LogP contribution in [0.5, 0.6) is 17.2 Å². The van der Waals surface area contributed by atoms with E-state index in [4.69, 9.17) is 14.2 Å². The van der Waals surface area contributed by atoms with Gasteiger partial charge in [0, 0.05) is 17.2 Å². The summed E-state index contributed by atoms with van der Waals surface area (Å²) in [4.78, 5) is 0. The van der Waals surface area contributed by atoms with Crippen molar-refractivity contribution in [3.05, 3.63) is 71.8 Å². The van der Waals surface area contributed by atoms with E-state index in [1.807, 2.05) is 30.3 Å². The summed E-state index contributed by atoms with van der Waals surface area (Å²) in [5.41, 5.74) is 2.10. The van der Waals surface area contributed by atoms with Crippen molar-refractivity contribution < 1.29 is 14.2 Å². The molecule has 0 aliphatic carbocycles. The second kappa shape index (κ2) is 5.93. The number of rotatable bonds is 3. The molecule has 1 aliphatic rings. The number of hydrogen-bond donors (Lipinski definition) is 0. The fourth-order valence-electron chi connectivity index (χ4n) is 3.13. The molecule has 4 rings (SSSR count). The minimum absolute atomic E-state index is 0.181. The van der Waals surface area contributed by atoms with E-state index >= 15 is 0 Å². The maximum atomic E-state index is 6.23. The van der Waals surface area contributed by atoms with Crippen molar-refractivity contribution in [3.8, 4) is 17.2 Å². The van der Waals surface area contributed by atoms with Crippen LogP contribution in [0.1, 0.15) is 17.2 Å². The highest BCUT2D eigenvalue weighted by Crippen LogP contribution is 2.40. The van der Waals surface area contributed by atoms with Gasteiger partial charge in [0.1, 0.15) is 23.4 Å². The first kappa shape index (κ1) is 14.6. The Morgan fingerprint density at radius 3 is 2.62 bits per heavy atom. The van der Waals surface area contributed by atoms with E-state index in [1.165, 1.54) is 10.8 Å². The highest BCUT2D eigenvalue weighted by atomic mass is 16.5. The van der Waals surface area contributed by atoms with Crippen molar-refractivity contribution >= 4 is 16.8 Å². The molecule has 3 aromatic rings. The van der Waals surface area contributed by atoms with Gasteiger partial charge < -0.3 is 14.2 Å². The lowest BCUT2D eigenvalue weighted by Crippen LogP contribution is -2.10. The Labute approximate surface area is 141 Å². The van der Waals surface area contributed by atoms with E-state index in [0.717, 1.165) is 28.4 Å². The molecule has 24 heavy (non-hydrogen) atoms. The molecule has 0 N–H and O–H groups in total. The number of hydrogen-bond acceptors (Lipinski definition) is 3. The molecular formula is C21H18O3. The summed E-state index contributed by atoms with van der Waals surface area (Å²) in [5, 5.41) is 2.41. The van der Waals surface area contributed by atoms with Crippen LogP contribution in [-0.2, 0) is 0 Å². The van der Waals surface area contributed by atoms with Crippen molar-refractivity contribution in [2.45, 2.75) is 6.10 Å². The lowest BCUT2D eigenvalue weighted by atomic mass is 9.98. The van der Waals surface area contributed by atoms with Crippen LogP contribution in [0.25, 0.3) is 16.8 Å². The van der Waals surface area contributed by atoms with Crippen LogP contribution in [0, 0.1) is 0 Å². The van der Waals surface area contributed by atoms with E-state index in [2.05, 4.69) is 36.4 Å². The highest BCUT2D eigenvalue weighted by molar-refractivity contribution is 5.93. The average molecular weight is 318 g/mol. The molecule has 3 aromatic carbocycles. The van der Waals surface area contributed by atoms with E-state index < -0.39 is 0 Å². The van der Waals surface area contributed by atoms with Crippen molar-refractivity contribution in [1.29, 1.82) is 0 Å². The minimum atomic E-state index is -0.181. The molecule has 0 amide bonds. The van der Waals surface area contributed by atoms with Gasteiger partial charge in [0.05, 0.1) is 14.2 Å². The van der Waals surface area contributed by atoms with Crippen LogP contribution in [0.2, 0.25) is 0 Å². The summed E-state index contributed by atoms with van der Waals surface area (Å²) < 4.78 is 17.0. The normalized spacial score (nSPS) is 15.7. The number of methoxy groups -OCH3 is 2. The van der Waals surface area contributed by atoms with Gasteiger partial charge in [-0.1, -0.05) is 36.4 Å². The molecule has 3 nitrogen and oxygen atoms in total. The zero-order valence-electron chi connectivity index (χ0n) is 13.7. The molecule has 1 aliphatic heterocycles. The second-order valence-corrected chi connectivity index (χ2v) is 5.70. The Kier molecular flexibility index (Phi) is 3.62. The molecular weight excluding hydrogens is 300 g/mol. The van der Waals surface area contributed by atoms with Crippen LogP contribution in [0.15, 0.2) is 60.7 Å². The first-order valence-corrected chi connectivity index (χ1v) is 7.88. The summed E-state index contributed by atoms with van der Waals surface area (Å²) in [6.07, 6.45) is 4.02.